The number of ether oxygens (including phenoxy) is 1. The van der Waals surface area contributed by atoms with E-state index in [1.807, 2.05) is 19.9 Å². The second-order valence-corrected chi connectivity index (χ2v) is 6.82. The van der Waals surface area contributed by atoms with Gasteiger partial charge in [0.25, 0.3) is 0 Å². The van der Waals surface area contributed by atoms with Crippen molar-refractivity contribution in [3.63, 3.8) is 0 Å². The maximum atomic E-state index is 13.0. The molecule has 0 bridgehead atoms. The minimum Gasteiger partial charge on any atom is -0.493 e. The lowest BCUT2D eigenvalue weighted by Crippen LogP contribution is -2.17. The number of hydrogen-bond acceptors (Lipinski definition) is 3. The summed E-state index contributed by atoms with van der Waals surface area (Å²) < 4.78 is 5.87. The Morgan fingerprint density at radius 1 is 1.13 bits per heavy atom. The first-order valence-corrected chi connectivity index (χ1v) is 7.92. The second kappa shape index (κ2) is 6.45. The lowest BCUT2D eigenvalue weighted by molar-refractivity contribution is 0.103. The quantitative estimate of drug-likeness (QED) is 0.668. The largest absolute Gasteiger partial charge is 0.493 e. The zero-order valence-corrected chi connectivity index (χ0v) is 14.6. The third-order valence-electron chi connectivity index (χ3n) is 3.75. The highest BCUT2D eigenvalue weighted by atomic mass is 16.5. The maximum Gasteiger partial charge on any atom is 0.196 e. The van der Waals surface area contributed by atoms with Crippen molar-refractivity contribution < 1.29 is 9.53 Å². The van der Waals surface area contributed by atoms with Crippen LogP contribution in [0.5, 0.6) is 5.75 Å². The predicted molar refractivity (Wildman–Crippen MR) is 95.3 cm³/mol. The predicted octanol–water partition coefficient (Wildman–Crippen LogP) is 4.50. The zero-order valence-electron chi connectivity index (χ0n) is 14.6. The standard InChI is InChI=1S/C20H25NO2/c1-6-23-19-16(11-13(2)12-17(19)20(3,4)5)18(22)14-7-9-15(21)10-8-14/h7-12H,6,21H2,1-5H3. The minimum atomic E-state index is -0.104. The van der Waals surface area contributed by atoms with Crippen LogP contribution in [0.2, 0.25) is 0 Å². The molecule has 2 rings (SSSR count). The number of anilines is 1. The van der Waals surface area contributed by atoms with Gasteiger partial charge in [-0.3, -0.25) is 4.79 Å². The fraction of sp³-hybridized carbons (Fsp3) is 0.350. The number of nitrogens with two attached hydrogens (primary N) is 1. The molecule has 0 spiro atoms. The molecule has 0 radical (unpaired) electrons. The van der Waals surface area contributed by atoms with E-state index in [4.69, 9.17) is 10.5 Å². The summed E-state index contributed by atoms with van der Waals surface area (Å²) in [4.78, 5) is 13.0. The Hall–Kier alpha value is -2.29. The molecule has 0 aliphatic heterocycles. The van der Waals surface area contributed by atoms with Crippen LogP contribution in [-0.4, -0.2) is 12.4 Å². The lowest BCUT2D eigenvalue weighted by atomic mass is 9.83. The SMILES string of the molecule is CCOc1c(C(=O)c2ccc(N)cc2)cc(C)cc1C(C)(C)C. The summed E-state index contributed by atoms with van der Waals surface area (Å²) in [6.45, 7) is 10.8. The summed E-state index contributed by atoms with van der Waals surface area (Å²) >= 11 is 0. The number of nitrogen functional groups attached to an aromatic ring is 1. The first-order chi connectivity index (χ1) is 10.7. The third kappa shape index (κ3) is 3.73. The molecule has 23 heavy (non-hydrogen) atoms. The molecular formula is C20H25NO2. The number of rotatable bonds is 4. The Balaban J connectivity index is 2.62. The Morgan fingerprint density at radius 2 is 1.74 bits per heavy atom. The zero-order chi connectivity index (χ0) is 17.2. The van der Waals surface area contributed by atoms with Gasteiger partial charge in [-0.2, -0.15) is 0 Å². The van der Waals surface area contributed by atoms with Gasteiger partial charge in [0.15, 0.2) is 5.78 Å². The molecule has 0 atom stereocenters. The van der Waals surface area contributed by atoms with Crippen molar-refractivity contribution in [1.29, 1.82) is 0 Å². The van der Waals surface area contributed by atoms with E-state index in [9.17, 15) is 4.79 Å². The highest BCUT2D eigenvalue weighted by molar-refractivity contribution is 6.11. The molecule has 0 fully saturated rings. The lowest BCUT2D eigenvalue weighted by Gasteiger charge is -2.25. The highest BCUT2D eigenvalue weighted by Gasteiger charge is 2.25. The van der Waals surface area contributed by atoms with E-state index in [-0.39, 0.29) is 11.2 Å². The first-order valence-electron chi connectivity index (χ1n) is 7.92. The molecule has 0 aliphatic carbocycles. The van der Waals surface area contributed by atoms with Crippen LogP contribution < -0.4 is 10.5 Å². The van der Waals surface area contributed by atoms with E-state index in [0.717, 1.165) is 11.1 Å². The van der Waals surface area contributed by atoms with Crippen molar-refractivity contribution in [3.05, 3.63) is 58.7 Å². The number of benzene rings is 2. The average molecular weight is 311 g/mol. The Morgan fingerprint density at radius 3 is 2.26 bits per heavy atom. The third-order valence-corrected chi connectivity index (χ3v) is 3.75. The fourth-order valence-corrected chi connectivity index (χ4v) is 2.59. The Kier molecular flexibility index (Phi) is 4.79. The van der Waals surface area contributed by atoms with Gasteiger partial charge in [0.05, 0.1) is 12.2 Å². The van der Waals surface area contributed by atoms with Gasteiger partial charge in [-0.25, -0.2) is 0 Å². The first kappa shape index (κ1) is 17.1. The van der Waals surface area contributed by atoms with Crippen LogP contribution in [0.1, 0.15) is 54.7 Å². The molecule has 0 heterocycles. The molecule has 0 aromatic heterocycles. The number of ketones is 1. The summed E-state index contributed by atoms with van der Waals surface area (Å²) in [6, 6.07) is 11.0. The van der Waals surface area contributed by atoms with E-state index >= 15 is 0 Å². The molecule has 3 nitrogen and oxygen atoms in total. The van der Waals surface area contributed by atoms with Crippen molar-refractivity contribution in [1.82, 2.24) is 0 Å². The minimum absolute atomic E-state index is 0.0392. The molecule has 2 aromatic rings. The molecule has 0 amide bonds. The van der Waals surface area contributed by atoms with Crippen molar-refractivity contribution in [2.75, 3.05) is 12.3 Å². The van der Waals surface area contributed by atoms with Gasteiger partial charge in [-0.1, -0.05) is 26.8 Å². The molecule has 2 N–H and O–H groups in total. The van der Waals surface area contributed by atoms with Crippen LogP contribution >= 0.6 is 0 Å². The maximum absolute atomic E-state index is 13.0. The van der Waals surface area contributed by atoms with Crippen molar-refractivity contribution in [2.45, 2.75) is 40.0 Å². The summed E-state index contributed by atoms with van der Waals surface area (Å²) in [6.07, 6.45) is 0. The van der Waals surface area contributed by atoms with Gasteiger partial charge in [-0.15, -0.1) is 0 Å². The van der Waals surface area contributed by atoms with Crippen LogP contribution in [0.3, 0.4) is 0 Å². The number of aryl methyl sites for hydroxylation is 1. The van der Waals surface area contributed by atoms with E-state index in [2.05, 4.69) is 26.8 Å². The normalized spacial score (nSPS) is 11.3. The Bertz CT molecular complexity index is 710. The van der Waals surface area contributed by atoms with E-state index in [0.29, 0.717) is 29.2 Å². The van der Waals surface area contributed by atoms with E-state index in [1.165, 1.54) is 0 Å². The number of carbonyl (C=O) groups is 1. The molecule has 2 aromatic carbocycles. The molecule has 0 aliphatic rings. The average Bonchev–Trinajstić information content (AvgIpc) is 2.48. The number of carbonyl (C=O) groups excluding carboxylic acids is 1. The van der Waals surface area contributed by atoms with Gasteiger partial charge in [0, 0.05) is 16.8 Å². The van der Waals surface area contributed by atoms with Crippen LogP contribution in [0.15, 0.2) is 36.4 Å². The van der Waals surface area contributed by atoms with Gasteiger partial charge >= 0.3 is 0 Å². The van der Waals surface area contributed by atoms with Crippen LogP contribution in [0.25, 0.3) is 0 Å². The molecule has 0 saturated carbocycles. The summed E-state index contributed by atoms with van der Waals surface area (Å²) in [5, 5.41) is 0. The summed E-state index contributed by atoms with van der Waals surface area (Å²) in [5.74, 6) is 0.648. The number of hydrogen-bond donors (Lipinski definition) is 1. The molecule has 3 heteroatoms. The van der Waals surface area contributed by atoms with Gasteiger partial charge < -0.3 is 10.5 Å². The molecule has 0 unspecified atom stereocenters. The van der Waals surface area contributed by atoms with Crippen LogP contribution in [-0.2, 0) is 5.41 Å². The smallest absolute Gasteiger partial charge is 0.196 e. The van der Waals surface area contributed by atoms with Gasteiger partial charge in [0.2, 0.25) is 0 Å². The van der Waals surface area contributed by atoms with Crippen molar-refractivity contribution in [2.24, 2.45) is 0 Å². The molecule has 122 valence electrons. The monoisotopic (exact) mass is 311 g/mol. The highest BCUT2D eigenvalue weighted by Crippen LogP contribution is 2.36. The van der Waals surface area contributed by atoms with Crippen LogP contribution in [0, 0.1) is 6.92 Å². The topological polar surface area (TPSA) is 52.3 Å². The molecular weight excluding hydrogens is 286 g/mol. The molecule has 0 saturated heterocycles. The van der Waals surface area contributed by atoms with Crippen molar-refractivity contribution in [3.8, 4) is 5.75 Å². The summed E-state index contributed by atoms with van der Waals surface area (Å²) in [5.41, 5.74) is 9.59. The van der Waals surface area contributed by atoms with Gasteiger partial charge in [0.1, 0.15) is 5.75 Å². The van der Waals surface area contributed by atoms with Crippen LogP contribution in [0.4, 0.5) is 5.69 Å². The van der Waals surface area contributed by atoms with Crippen molar-refractivity contribution >= 4 is 11.5 Å². The van der Waals surface area contributed by atoms with E-state index < -0.39 is 0 Å². The van der Waals surface area contributed by atoms with Gasteiger partial charge in [-0.05, 0) is 55.2 Å². The summed E-state index contributed by atoms with van der Waals surface area (Å²) in [7, 11) is 0. The van der Waals surface area contributed by atoms with E-state index in [1.54, 1.807) is 24.3 Å². The second-order valence-electron chi connectivity index (χ2n) is 6.82. The fourth-order valence-electron chi connectivity index (χ4n) is 2.59. The Labute approximate surface area is 138 Å².